The van der Waals surface area contributed by atoms with Gasteiger partial charge in [0.05, 0.1) is 0 Å². The van der Waals surface area contributed by atoms with E-state index in [1.54, 1.807) is 0 Å². The van der Waals surface area contributed by atoms with Gasteiger partial charge in [0, 0.05) is 17.5 Å². The lowest BCUT2D eigenvalue weighted by Crippen LogP contribution is -2.29. The number of nitrogens with two attached hydrogens (primary N) is 1. The molecule has 3 heteroatoms. The van der Waals surface area contributed by atoms with Crippen molar-refractivity contribution in [1.82, 2.24) is 5.32 Å². The van der Waals surface area contributed by atoms with E-state index in [1.807, 2.05) is 29.5 Å². The van der Waals surface area contributed by atoms with Crippen LogP contribution in [-0.2, 0) is 6.54 Å². The van der Waals surface area contributed by atoms with Gasteiger partial charge in [0.2, 0.25) is 0 Å². The molecule has 2 nitrogen and oxygen atoms in total. The van der Waals surface area contributed by atoms with Crippen LogP contribution < -0.4 is 11.1 Å². The van der Waals surface area contributed by atoms with Gasteiger partial charge in [0.25, 0.3) is 0 Å². The van der Waals surface area contributed by atoms with Gasteiger partial charge in [-0.25, -0.2) is 0 Å². The topological polar surface area (TPSA) is 38.0 Å². The zero-order valence-corrected chi connectivity index (χ0v) is 12.4. The van der Waals surface area contributed by atoms with Crippen LogP contribution in [0.25, 0.3) is 0 Å². The number of nitrogens with one attached hydrogen (secondary N) is 1. The first-order valence-corrected chi connectivity index (χ1v) is 7.60. The van der Waals surface area contributed by atoms with E-state index in [2.05, 4.69) is 42.7 Å². The molecule has 0 fully saturated rings. The van der Waals surface area contributed by atoms with Gasteiger partial charge in [-0.3, -0.25) is 0 Å². The Bertz CT molecular complexity index is 492. The summed E-state index contributed by atoms with van der Waals surface area (Å²) in [5.74, 6) is 0.419. The van der Waals surface area contributed by atoms with Crippen LogP contribution in [0.5, 0.6) is 0 Å². The maximum atomic E-state index is 6.29. The average Bonchev–Trinajstić information content (AvgIpc) is 2.84. The summed E-state index contributed by atoms with van der Waals surface area (Å²) in [6.07, 6.45) is 0. The van der Waals surface area contributed by atoms with Gasteiger partial charge in [-0.2, -0.15) is 0 Å². The highest BCUT2D eigenvalue weighted by atomic mass is 32.1. The van der Waals surface area contributed by atoms with E-state index in [9.17, 15) is 0 Å². The molecule has 0 spiro atoms. The van der Waals surface area contributed by atoms with Crippen molar-refractivity contribution in [1.29, 1.82) is 0 Å². The van der Waals surface area contributed by atoms with Crippen LogP contribution in [0.15, 0.2) is 41.8 Å². The molecule has 2 aromatic rings. The molecule has 0 saturated heterocycles. The van der Waals surface area contributed by atoms with E-state index in [4.69, 9.17) is 5.73 Å². The van der Waals surface area contributed by atoms with Gasteiger partial charge < -0.3 is 11.1 Å². The Hall–Kier alpha value is -1.16. The Labute approximate surface area is 119 Å². The van der Waals surface area contributed by atoms with Crippen LogP contribution >= 0.6 is 11.3 Å². The SMILES string of the molecule is Cc1ccsc1CNCC(C)C(N)c1ccccc1. The van der Waals surface area contributed by atoms with Gasteiger partial charge >= 0.3 is 0 Å². The van der Waals surface area contributed by atoms with E-state index in [0.29, 0.717) is 5.92 Å². The lowest BCUT2D eigenvalue weighted by molar-refractivity contribution is 0.435. The standard InChI is InChI=1S/C16H22N2S/c1-12-8-9-19-15(12)11-18-10-13(2)16(17)14-6-4-3-5-7-14/h3-9,13,16,18H,10-11,17H2,1-2H3. The fourth-order valence-electron chi connectivity index (χ4n) is 2.13. The van der Waals surface area contributed by atoms with Crippen molar-refractivity contribution in [3.05, 3.63) is 57.8 Å². The van der Waals surface area contributed by atoms with Crippen LogP contribution in [0.2, 0.25) is 0 Å². The first kappa shape index (κ1) is 14.3. The first-order valence-electron chi connectivity index (χ1n) is 6.72. The van der Waals surface area contributed by atoms with Crippen molar-refractivity contribution in [3.63, 3.8) is 0 Å². The predicted molar refractivity (Wildman–Crippen MR) is 83.3 cm³/mol. The van der Waals surface area contributed by atoms with Crippen LogP contribution in [0.1, 0.15) is 29.0 Å². The molecule has 2 unspecified atom stereocenters. The molecule has 1 aromatic carbocycles. The molecule has 3 N–H and O–H groups in total. The van der Waals surface area contributed by atoms with Crippen molar-refractivity contribution < 1.29 is 0 Å². The normalized spacial score (nSPS) is 14.3. The predicted octanol–water partition coefficient (Wildman–Crippen LogP) is 3.48. The number of thiophene rings is 1. The molecule has 0 bridgehead atoms. The summed E-state index contributed by atoms with van der Waals surface area (Å²) >= 11 is 1.81. The van der Waals surface area contributed by atoms with Crippen LogP contribution in [0.3, 0.4) is 0 Å². The third-order valence-corrected chi connectivity index (χ3v) is 4.54. The van der Waals surface area contributed by atoms with E-state index >= 15 is 0 Å². The molecule has 2 rings (SSSR count). The Morgan fingerprint density at radius 1 is 1.21 bits per heavy atom. The van der Waals surface area contributed by atoms with Crippen LogP contribution in [-0.4, -0.2) is 6.54 Å². The summed E-state index contributed by atoms with van der Waals surface area (Å²) < 4.78 is 0. The Morgan fingerprint density at radius 3 is 2.58 bits per heavy atom. The molecule has 0 aliphatic rings. The second-order valence-corrected chi connectivity index (χ2v) is 6.07. The molecule has 102 valence electrons. The number of aryl methyl sites for hydroxylation is 1. The van der Waals surface area contributed by atoms with E-state index < -0.39 is 0 Å². The summed E-state index contributed by atoms with van der Waals surface area (Å²) in [5, 5.41) is 5.65. The van der Waals surface area contributed by atoms with Gasteiger partial charge in [0.15, 0.2) is 0 Å². The van der Waals surface area contributed by atoms with Crippen LogP contribution in [0, 0.1) is 12.8 Å². The van der Waals surface area contributed by atoms with Gasteiger partial charge in [0.1, 0.15) is 0 Å². The maximum Gasteiger partial charge on any atom is 0.0333 e. The number of rotatable bonds is 6. The van der Waals surface area contributed by atoms with Gasteiger partial charge in [-0.15, -0.1) is 11.3 Å². The fraction of sp³-hybridized carbons (Fsp3) is 0.375. The molecule has 2 atom stereocenters. The molecule has 0 aliphatic carbocycles. The fourth-order valence-corrected chi connectivity index (χ4v) is 3.01. The minimum atomic E-state index is 0.0955. The van der Waals surface area contributed by atoms with E-state index in [0.717, 1.165) is 13.1 Å². The highest BCUT2D eigenvalue weighted by molar-refractivity contribution is 7.10. The summed E-state index contributed by atoms with van der Waals surface area (Å²) in [6.45, 7) is 6.24. The van der Waals surface area contributed by atoms with Gasteiger partial charge in [-0.1, -0.05) is 37.3 Å². The first-order chi connectivity index (χ1) is 9.18. The lowest BCUT2D eigenvalue weighted by Gasteiger charge is -2.20. The number of hydrogen-bond donors (Lipinski definition) is 2. The molecule has 0 amide bonds. The molecular formula is C16H22N2S. The second-order valence-electron chi connectivity index (χ2n) is 5.07. The Morgan fingerprint density at radius 2 is 1.95 bits per heavy atom. The van der Waals surface area contributed by atoms with Crippen molar-refractivity contribution >= 4 is 11.3 Å². The van der Waals surface area contributed by atoms with Crippen molar-refractivity contribution in [2.45, 2.75) is 26.4 Å². The summed E-state index contributed by atoms with van der Waals surface area (Å²) in [4.78, 5) is 1.42. The second kappa shape index (κ2) is 6.85. The minimum absolute atomic E-state index is 0.0955. The van der Waals surface area contributed by atoms with E-state index in [-0.39, 0.29) is 6.04 Å². The third-order valence-electron chi connectivity index (χ3n) is 3.52. The highest BCUT2D eigenvalue weighted by Crippen LogP contribution is 2.19. The van der Waals surface area contributed by atoms with Crippen molar-refractivity contribution in [2.24, 2.45) is 11.7 Å². The smallest absolute Gasteiger partial charge is 0.0333 e. The monoisotopic (exact) mass is 274 g/mol. The Balaban J connectivity index is 1.81. The van der Waals surface area contributed by atoms with Crippen LogP contribution in [0.4, 0.5) is 0 Å². The quantitative estimate of drug-likeness (QED) is 0.846. The van der Waals surface area contributed by atoms with Gasteiger partial charge in [-0.05, 0) is 42.0 Å². The minimum Gasteiger partial charge on any atom is -0.324 e. The zero-order valence-electron chi connectivity index (χ0n) is 11.6. The molecular weight excluding hydrogens is 252 g/mol. The lowest BCUT2D eigenvalue weighted by atomic mass is 9.95. The summed E-state index contributed by atoms with van der Waals surface area (Å²) in [7, 11) is 0. The molecule has 0 saturated carbocycles. The summed E-state index contributed by atoms with van der Waals surface area (Å²) in [6, 6.07) is 12.6. The average molecular weight is 274 g/mol. The summed E-state index contributed by atoms with van der Waals surface area (Å²) in [5.41, 5.74) is 8.88. The third kappa shape index (κ3) is 3.90. The largest absolute Gasteiger partial charge is 0.324 e. The molecule has 19 heavy (non-hydrogen) atoms. The molecule has 1 aromatic heterocycles. The number of hydrogen-bond acceptors (Lipinski definition) is 3. The molecule has 0 radical (unpaired) electrons. The molecule has 1 heterocycles. The zero-order chi connectivity index (χ0) is 13.7. The maximum absolute atomic E-state index is 6.29. The molecule has 0 aliphatic heterocycles. The van der Waals surface area contributed by atoms with E-state index in [1.165, 1.54) is 16.0 Å². The Kier molecular flexibility index (Phi) is 5.14. The van der Waals surface area contributed by atoms with Crippen molar-refractivity contribution in [3.8, 4) is 0 Å². The van der Waals surface area contributed by atoms with Crippen molar-refractivity contribution in [2.75, 3.05) is 6.54 Å². The number of benzene rings is 1. The highest BCUT2D eigenvalue weighted by Gasteiger charge is 2.14.